The van der Waals surface area contributed by atoms with E-state index in [4.69, 9.17) is 11.6 Å². The van der Waals surface area contributed by atoms with Gasteiger partial charge >= 0.3 is 6.18 Å². The molecule has 4 aromatic rings. The number of halogens is 4. The number of pyridine rings is 1. The van der Waals surface area contributed by atoms with Gasteiger partial charge < -0.3 is 5.32 Å². The fourth-order valence-electron chi connectivity index (χ4n) is 2.65. The Hall–Kier alpha value is -2.98. The predicted octanol–water partition coefficient (Wildman–Crippen LogP) is 4.52. The van der Waals surface area contributed by atoms with E-state index in [1.165, 1.54) is 16.1 Å². The van der Waals surface area contributed by atoms with Crippen LogP contribution in [-0.2, 0) is 12.7 Å². The van der Waals surface area contributed by atoms with Crippen molar-refractivity contribution in [3.8, 4) is 5.69 Å². The average molecular weight is 438 g/mol. The lowest BCUT2D eigenvalue weighted by Crippen LogP contribution is -2.24. The number of fused-ring (bicyclic) bond motifs is 1. The molecule has 0 atom stereocenters. The number of rotatable bonds is 4. The summed E-state index contributed by atoms with van der Waals surface area (Å²) in [6.45, 7) is -0.0433. The molecule has 0 aliphatic heterocycles. The van der Waals surface area contributed by atoms with Crippen molar-refractivity contribution >= 4 is 39.9 Å². The molecule has 0 radical (unpaired) electrons. The highest BCUT2D eigenvalue weighted by Gasteiger charge is 2.34. The lowest BCUT2D eigenvalue weighted by molar-refractivity contribution is -0.137. The summed E-state index contributed by atoms with van der Waals surface area (Å²) < 4.78 is 39.6. The van der Waals surface area contributed by atoms with E-state index in [0.29, 0.717) is 27.6 Å². The maximum atomic E-state index is 13.0. The molecule has 0 aliphatic carbocycles. The van der Waals surface area contributed by atoms with Gasteiger partial charge in [0.1, 0.15) is 0 Å². The summed E-state index contributed by atoms with van der Waals surface area (Å²) in [6, 6.07) is 9.77. The first-order chi connectivity index (χ1) is 13.8. The Morgan fingerprint density at radius 3 is 2.59 bits per heavy atom. The van der Waals surface area contributed by atoms with Gasteiger partial charge in [0.05, 0.1) is 23.4 Å². The van der Waals surface area contributed by atoms with Crippen LogP contribution in [0, 0.1) is 0 Å². The zero-order valence-corrected chi connectivity index (χ0v) is 16.0. The molecule has 11 heteroatoms. The summed E-state index contributed by atoms with van der Waals surface area (Å²) in [5.74, 6) is 0.152. The molecule has 0 bridgehead atoms. The van der Waals surface area contributed by atoms with Crippen molar-refractivity contribution in [2.24, 2.45) is 0 Å². The van der Waals surface area contributed by atoms with Crippen molar-refractivity contribution in [2.45, 2.75) is 12.7 Å². The smallest absolute Gasteiger partial charge is 0.350 e. The number of nitrogens with zero attached hydrogens (tertiary/aromatic N) is 4. The number of aromatic nitrogens is 4. The number of nitrogens with one attached hydrogen (secondary N) is 1. The number of hydrogen-bond donors (Lipinski definition) is 1. The second kappa shape index (κ2) is 7.45. The standard InChI is InChI=1S/C18H11ClF3N5OS/c19-10-3-5-12(6-4-10)27-15(28)14-13(2-1-7-23-14)26-17(27)24-8-11-9-29-16(25-11)18(20,21)22/h1-7,9H,8H2,(H,24,26). The van der Waals surface area contributed by atoms with Crippen LogP contribution in [0.15, 0.2) is 52.8 Å². The molecule has 29 heavy (non-hydrogen) atoms. The SMILES string of the molecule is O=c1c2ncccc2nc(NCc2csc(C(F)(F)F)n2)n1-c1ccc(Cl)cc1. The van der Waals surface area contributed by atoms with Gasteiger partial charge in [-0.25, -0.2) is 19.5 Å². The summed E-state index contributed by atoms with van der Waals surface area (Å²) in [4.78, 5) is 25.1. The molecule has 6 nitrogen and oxygen atoms in total. The highest BCUT2D eigenvalue weighted by molar-refractivity contribution is 7.09. The molecule has 0 unspecified atom stereocenters. The van der Waals surface area contributed by atoms with Gasteiger partial charge in [-0.1, -0.05) is 11.6 Å². The minimum Gasteiger partial charge on any atom is -0.350 e. The molecule has 0 aliphatic rings. The number of hydrogen-bond acceptors (Lipinski definition) is 6. The molecule has 1 N–H and O–H groups in total. The van der Waals surface area contributed by atoms with E-state index in [2.05, 4.69) is 20.3 Å². The number of anilines is 1. The van der Waals surface area contributed by atoms with E-state index < -0.39 is 16.7 Å². The van der Waals surface area contributed by atoms with Crippen molar-refractivity contribution in [1.82, 2.24) is 19.5 Å². The Balaban J connectivity index is 1.76. The second-order valence-electron chi connectivity index (χ2n) is 5.92. The summed E-state index contributed by atoms with van der Waals surface area (Å²) >= 11 is 6.43. The molecule has 0 amide bonds. The largest absolute Gasteiger partial charge is 0.443 e. The lowest BCUT2D eigenvalue weighted by atomic mass is 10.3. The van der Waals surface area contributed by atoms with Gasteiger partial charge in [0.15, 0.2) is 10.5 Å². The van der Waals surface area contributed by atoms with Gasteiger partial charge in [0.2, 0.25) is 5.95 Å². The van der Waals surface area contributed by atoms with E-state index in [1.807, 2.05) is 0 Å². The summed E-state index contributed by atoms with van der Waals surface area (Å²) in [5.41, 5.74) is 0.775. The Labute approximate surface area is 170 Å². The van der Waals surface area contributed by atoms with Gasteiger partial charge in [0.25, 0.3) is 5.56 Å². The zero-order chi connectivity index (χ0) is 20.6. The van der Waals surface area contributed by atoms with Gasteiger partial charge in [0, 0.05) is 16.6 Å². The summed E-state index contributed by atoms with van der Waals surface area (Å²) in [6.07, 6.45) is -3.01. The van der Waals surface area contributed by atoms with Crippen LogP contribution in [0.1, 0.15) is 10.7 Å². The quantitative estimate of drug-likeness (QED) is 0.508. The minimum atomic E-state index is -4.50. The van der Waals surface area contributed by atoms with Crippen molar-refractivity contribution < 1.29 is 13.2 Å². The lowest BCUT2D eigenvalue weighted by Gasteiger charge is -2.14. The van der Waals surface area contributed by atoms with Crippen LogP contribution in [0.3, 0.4) is 0 Å². The molecule has 148 valence electrons. The zero-order valence-electron chi connectivity index (χ0n) is 14.4. The maximum absolute atomic E-state index is 13.0. The van der Waals surface area contributed by atoms with Gasteiger partial charge in [-0.3, -0.25) is 4.79 Å². The van der Waals surface area contributed by atoms with E-state index in [0.717, 1.165) is 0 Å². The minimum absolute atomic E-state index is 0.0433. The third-order valence-electron chi connectivity index (χ3n) is 3.94. The molecule has 0 spiro atoms. The topological polar surface area (TPSA) is 72.7 Å². The van der Waals surface area contributed by atoms with E-state index >= 15 is 0 Å². The number of thiazole rings is 1. The van der Waals surface area contributed by atoms with Gasteiger partial charge in [-0.05, 0) is 36.4 Å². The molecule has 0 saturated heterocycles. The predicted molar refractivity (Wildman–Crippen MR) is 105 cm³/mol. The third kappa shape index (κ3) is 3.94. The first-order valence-corrected chi connectivity index (χ1v) is 9.48. The van der Waals surface area contributed by atoms with Gasteiger partial charge in [-0.15, -0.1) is 11.3 Å². The van der Waals surface area contributed by atoms with Crippen LogP contribution < -0.4 is 10.9 Å². The fourth-order valence-corrected chi connectivity index (χ4v) is 3.47. The van der Waals surface area contributed by atoms with Gasteiger partial charge in [-0.2, -0.15) is 13.2 Å². The second-order valence-corrected chi connectivity index (χ2v) is 7.21. The number of alkyl halides is 3. The Morgan fingerprint density at radius 1 is 1.14 bits per heavy atom. The number of benzene rings is 1. The molecule has 3 heterocycles. The molecule has 1 aromatic carbocycles. The van der Waals surface area contributed by atoms with Crippen molar-refractivity contribution in [3.05, 3.63) is 74.1 Å². The average Bonchev–Trinajstić information content (AvgIpc) is 3.17. The Morgan fingerprint density at radius 2 is 1.90 bits per heavy atom. The molecule has 0 fully saturated rings. The highest BCUT2D eigenvalue weighted by Crippen LogP contribution is 2.31. The fraction of sp³-hybridized carbons (Fsp3) is 0.111. The molecular formula is C18H11ClF3N5OS. The normalized spacial score (nSPS) is 11.7. The summed E-state index contributed by atoms with van der Waals surface area (Å²) in [7, 11) is 0. The van der Waals surface area contributed by atoms with Crippen LogP contribution in [0.4, 0.5) is 19.1 Å². The summed E-state index contributed by atoms with van der Waals surface area (Å²) in [5, 5.41) is 3.78. The maximum Gasteiger partial charge on any atom is 0.443 e. The van der Waals surface area contributed by atoms with Crippen molar-refractivity contribution in [1.29, 1.82) is 0 Å². The first-order valence-electron chi connectivity index (χ1n) is 8.22. The monoisotopic (exact) mass is 437 g/mol. The Kier molecular flexibility index (Phi) is 4.97. The van der Waals surface area contributed by atoms with E-state index in [1.54, 1.807) is 36.4 Å². The Bertz CT molecular complexity index is 1240. The molecule has 0 saturated carbocycles. The molecular weight excluding hydrogens is 427 g/mol. The van der Waals surface area contributed by atoms with Crippen LogP contribution in [0.25, 0.3) is 16.7 Å². The highest BCUT2D eigenvalue weighted by atomic mass is 35.5. The van der Waals surface area contributed by atoms with Crippen LogP contribution >= 0.6 is 22.9 Å². The van der Waals surface area contributed by atoms with Crippen LogP contribution in [0.5, 0.6) is 0 Å². The molecule has 3 aromatic heterocycles. The van der Waals surface area contributed by atoms with Crippen molar-refractivity contribution in [2.75, 3.05) is 5.32 Å². The van der Waals surface area contributed by atoms with Crippen LogP contribution in [0.2, 0.25) is 5.02 Å². The molecule has 4 rings (SSSR count). The van der Waals surface area contributed by atoms with Crippen molar-refractivity contribution in [3.63, 3.8) is 0 Å². The third-order valence-corrected chi connectivity index (χ3v) is 5.12. The first kappa shape index (κ1) is 19.3. The van der Waals surface area contributed by atoms with E-state index in [-0.39, 0.29) is 23.7 Å². The van der Waals surface area contributed by atoms with E-state index in [9.17, 15) is 18.0 Å². The van der Waals surface area contributed by atoms with Crippen LogP contribution in [-0.4, -0.2) is 19.5 Å².